The van der Waals surface area contributed by atoms with Crippen LogP contribution in [0.25, 0.3) is 33.4 Å². The Hall–Kier alpha value is -3.15. The number of nitrogens with zero attached hydrogens (tertiary/aromatic N) is 1. The van der Waals surface area contributed by atoms with Crippen LogP contribution in [0.4, 0.5) is 0 Å². The second-order valence-corrected chi connectivity index (χ2v) is 7.79. The molecule has 0 aliphatic heterocycles. The van der Waals surface area contributed by atoms with E-state index in [1.54, 1.807) is 12.3 Å². The lowest BCUT2D eigenvalue weighted by molar-refractivity contribution is 0.253. The van der Waals surface area contributed by atoms with E-state index in [4.69, 9.17) is 14.9 Å². The highest BCUT2D eigenvalue weighted by atomic mass is 35.5. The van der Waals surface area contributed by atoms with Crippen molar-refractivity contribution >= 4 is 23.4 Å². The van der Waals surface area contributed by atoms with Crippen LogP contribution in [0.5, 0.6) is 5.88 Å². The van der Waals surface area contributed by atoms with Gasteiger partial charge in [-0.25, -0.2) is 4.98 Å². The first-order chi connectivity index (χ1) is 14.6. The summed E-state index contributed by atoms with van der Waals surface area (Å²) in [5, 5.41) is 0.440. The number of halogens is 1. The summed E-state index contributed by atoms with van der Waals surface area (Å²) in [5.41, 5.74) is 9.70. The monoisotopic (exact) mass is 434 g/mol. The van der Waals surface area contributed by atoms with Crippen molar-refractivity contribution in [2.24, 2.45) is 5.73 Å². The highest BCUT2D eigenvalue weighted by Crippen LogP contribution is 2.40. The molecule has 6 heteroatoms. The number of aromatic nitrogens is 1. The molecule has 4 aromatic rings. The van der Waals surface area contributed by atoms with Crippen LogP contribution in [0, 0.1) is 0 Å². The van der Waals surface area contributed by atoms with E-state index in [0.717, 1.165) is 36.0 Å². The highest BCUT2D eigenvalue weighted by Gasteiger charge is 2.34. The lowest BCUT2D eigenvalue weighted by Crippen LogP contribution is -2.43. The number of nitrogens with two attached hydrogens (primary N) is 1. The number of methoxy groups -OCH3 is 1. The molecule has 0 bridgehead atoms. The number of hydrogen-bond donors (Lipinski definition) is 1. The van der Waals surface area contributed by atoms with Gasteiger partial charge in [0.2, 0.25) is 11.0 Å². The van der Waals surface area contributed by atoms with Crippen molar-refractivity contribution in [2.75, 3.05) is 7.11 Å². The minimum Gasteiger partial charge on any atom is -0.478 e. The lowest BCUT2D eigenvalue weighted by atomic mass is 9.72. The molecule has 1 fully saturated rings. The molecule has 0 amide bonds. The van der Waals surface area contributed by atoms with Crippen LogP contribution in [-0.2, 0) is 5.54 Å². The van der Waals surface area contributed by atoms with E-state index in [1.165, 1.54) is 7.11 Å². The Balaban J connectivity index is 0.00000231. The van der Waals surface area contributed by atoms with Crippen LogP contribution in [0.3, 0.4) is 0 Å². The van der Waals surface area contributed by atoms with E-state index in [0.29, 0.717) is 28.2 Å². The summed E-state index contributed by atoms with van der Waals surface area (Å²) in [6, 6.07) is 19.3. The summed E-state index contributed by atoms with van der Waals surface area (Å²) in [7, 11) is 1.51. The zero-order valence-corrected chi connectivity index (χ0v) is 17.9. The Labute approximate surface area is 186 Å². The van der Waals surface area contributed by atoms with Gasteiger partial charge in [-0.2, -0.15) is 0 Å². The Bertz CT molecular complexity index is 1280. The van der Waals surface area contributed by atoms with Gasteiger partial charge < -0.3 is 14.9 Å². The quantitative estimate of drug-likeness (QED) is 0.472. The number of hydrogen-bond acceptors (Lipinski definition) is 5. The number of pyridine rings is 1. The molecule has 0 unspecified atom stereocenters. The van der Waals surface area contributed by atoms with Crippen LogP contribution in [0.2, 0.25) is 0 Å². The molecule has 2 N–H and O–H groups in total. The fraction of sp³-hybridized carbons (Fsp3) is 0.200. The Morgan fingerprint density at radius 3 is 2.32 bits per heavy atom. The molecular weight excluding hydrogens is 412 g/mol. The van der Waals surface area contributed by atoms with E-state index in [1.807, 2.05) is 54.6 Å². The molecule has 0 spiro atoms. The first kappa shape index (κ1) is 21.1. The van der Waals surface area contributed by atoms with Gasteiger partial charge in [0.05, 0.1) is 18.1 Å². The molecular formula is C25H23ClN2O3. The summed E-state index contributed by atoms with van der Waals surface area (Å²) in [5.74, 6) is 0.789. The third kappa shape index (κ3) is 3.50. The van der Waals surface area contributed by atoms with Gasteiger partial charge in [0.15, 0.2) is 0 Å². The number of rotatable bonds is 4. The molecule has 1 aliphatic rings. The van der Waals surface area contributed by atoms with Crippen molar-refractivity contribution in [1.29, 1.82) is 0 Å². The molecule has 1 saturated carbocycles. The maximum absolute atomic E-state index is 13.6. The minimum atomic E-state index is -0.242. The summed E-state index contributed by atoms with van der Waals surface area (Å²) in [4.78, 5) is 17.8. The molecule has 0 atom stereocenters. The van der Waals surface area contributed by atoms with E-state index in [-0.39, 0.29) is 23.4 Å². The minimum absolute atomic E-state index is 0. The van der Waals surface area contributed by atoms with Gasteiger partial charge in [0.1, 0.15) is 5.76 Å². The number of fused-ring (bicyclic) bond motifs is 1. The molecule has 2 aromatic heterocycles. The Morgan fingerprint density at radius 1 is 1.00 bits per heavy atom. The van der Waals surface area contributed by atoms with Crippen molar-refractivity contribution in [3.63, 3.8) is 0 Å². The summed E-state index contributed by atoms with van der Waals surface area (Å²) in [6.45, 7) is 0. The molecule has 2 aromatic carbocycles. The molecule has 1 aliphatic carbocycles. The van der Waals surface area contributed by atoms with Crippen LogP contribution in [-0.4, -0.2) is 12.1 Å². The second-order valence-electron chi connectivity index (χ2n) is 7.79. The van der Waals surface area contributed by atoms with Crippen molar-refractivity contribution in [3.05, 3.63) is 82.6 Å². The van der Waals surface area contributed by atoms with Gasteiger partial charge in [-0.3, -0.25) is 4.79 Å². The smallest absolute Gasteiger partial charge is 0.258 e. The maximum Gasteiger partial charge on any atom is 0.258 e. The highest BCUT2D eigenvalue weighted by molar-refractivity contribution is 5.90. The normalized spacial score (nSPS) is 14.5. The van der Waals surface area contributed by atoms with Crippen LogP contribution >= 0.6 is 12.4 Å². The summed E-state index contributed by atoms with van der Waals surface area (Å²) >= 11 is 0. The maximum atomic E-state index is 13.6. The van der Waals surface area contributed by atoms with Gasteiger partial charge in [0, 0.05) is 17.3 Å². The molecule has 158 valence electrons. The van der Waals surface area contributed by atoms with E-state index in [9.17, 15) is 4.79 Å². The van der Waals surface area contributed by atoms with Crippen LogP contribution in [0.15, 0.2) is 76.1 Å². The van der Waals surface area contributed by atoms with Gasteiger partial charge in [-0.05, 0) is 36.5 Å². The SMILES string of the molecule is COc1nccc2c(=O)c(-c3ccc(C4(N)CCC4)cc3)c(-c3ccccc3)oc12.Cl. The van der Waals surface area contributed by atoms with Gasteiger partial charge in [0.25, 0.3) is 5.88 Å². The second kappa shape index (κ2) is 8.17. The zero-order chi connectivity index (χ0) is 20.7. The van der Waals surface area contributed by atoms with Crippen molar-refractivity contribution in [1.82, 2.24) is 4.98 Å². The van der Waals surface area contributed by atoms with Crippen molar-refractivity contribution < 1.29 is 9.15 Å². The fourth-order valence-electron chi connectivity index (χ4n) is 4.11. The third-order valence-electron chi connectivity index (χ3n) is 6.00. The molecule has 5 nitrogen and oxygen atoms in total. The largest absolute Gasteiger partial charge is 0.478 e. The van der Waals surface area contributed by atoms with E-state index < -0.39 is 0 Å². The number of benzene rings is 2. The van der Waals surface area contributed by atoms with Gasteiger partial charge in [-0.1, -0.05) is 54.6 Å². The predicted octanol–water partition coefficient (Wildman–Crippen LogP) is 5.29. The fourth-order valence-corrected chi connectivity index (χ4v) is 4.11. The molecule has 0 radical (unpaired) electrons. The number of ether oxygens (including phenoxy) is 1. The first-order valence-corrected chi connectivity index (χ1v) is 10.1. The summed E-state index contributed by atoms with van der Waals surface area (Å²) < 4.78 is 11.6. The lowest BCUT2D eigenvalue weighted by Gasteiger charge is -2.38. The van der Waals surface area contributed by atoms with Crippen molar-refractivity contribution in [3.8, 4) is 28.3 Å². The average molecular weight is 435 g/mol. The van der Waals surface area contributed by atoms with E-state index in [2.05, 4.69) is 4.98 Å². The van der Waals surface area contributed by atoms with Gasteiger partial charge in [-0.15, -0.1) is 12.4 Å². The van der Waals surface area contributed by atoms with Crippen LogP contribution in [0.1, 0.15) is 24.8 Å². The zero-order valence-electron chi connectivity index (χ0n) is 17.1. The molecule has 0 saturated heterocycles. The van der Waals surface area contributed by atoms with Gasteiger partial charge >= 0.3 is 0 Å². The summed E-state index contributed by atoms with van der Waals surface area (Å²) in [6.07, 6.45) is 4.70. The molecule has 2 heterocycles. The first-order valence-electron chi connectivity index (χ1n) is 10.1. The van der Waals surface area contributed by atoms with E-state index >= 15 is 0 Å². The Morgan fingerprint density at radius 2 is 1.71 bits per heavy atom. The van der Waals surface area contributed by atoms with Crippen LogP contribution < -0.4 is 15.9 Å². The average Bonchev–Trinajstić information content (AvgIpc) is 2.78. The topological polar surface area (TPSA) is 78.3 Å². The Kier molecular flexibility index (Phi) is 5.56. The molecule has 5 rings (SSSR count). The van der Waals surface area contributed by atoms with Crippen molar-refractivity contribution in [2.45, 2.75) is 24.8 Å². The standard InChI is InChI=1S/C25H22N2O3.ClH/c1-29-24-23-19(12-15-27-24)21(28)20(22(30-23)17-6-3-2-4-7-17)16-8-10-18(11-9-16)25(26)13-5-14-25;/h2-4,6-12,15H,5,13-14,26H2,1H3;1H. The predicted molar refractivity (Wildman–Crippen MR) is 125 cm³/mol. The third-order valence-corrected chi connectivity index (χ3v) is 6.00. The molecule has 31 heavy (non-hydrogen) atoms.